The molecular weight excluding hydrogens is 267 g/mol. The van der Waals surface area contributed by atoms with Crippen molar-refractivity contribution in [2.75, 3.05) is 0 Å². The molecule has 2 atom stereocenters. The highest BCUT2D eigenvalue weighted by Crippen LogP contribution is 2.58. The van der Waals surface area contributed by atoms with Crippen molar-refractivity contribution >= 4 is 12.1 Å². The number of hydrogen-bond acceptors (Lipinski definition) is 2. The summed E-state index contributed by atoms with van der Waals surface area (Å²) in [6, 6.07) is 5.89. The first-order chi connectivity index (χ1) is 10.00. The number of hydrogen-bond donors (Lipinski definition) is 1. The molecule has 4 heteroatoms. The number of halogens is 1. The van der Waals surface area contributed by atoms with E-state index < -0.39 is 11.7 Å². The molecule has 0 heterocycles. The molecule has 1 amide bonds. The standard InChI is InChI=1S/C17H19FN2O/c1-17(2)12-8-7-11(14(17)9-12)10-19-20-16(21)13-5-3-4-6-15(13)18/h3-7,10,12,14H,8-9H2,1-2H3,(H,20,21)/b19-10+. The van der Waals surface area contributed by atoms with E-state index in [1.807, 2.05) is 0 Å². The maximum Gasteiger partial charge on any atom is 0.274 e. The van der Waals surface area contributed by atoms with Crippen LogP contribution in [-0.2, 0) is 0 Å². The SMILES string of the molecule is CC1(C)C2CC=C(/C=N/NC(=O)c3ccccc3F)C1C2. The summed E-state index contributed by atoms with van der Waals surface area (Å²) in [4.78, 5) is 11.8. The van der Waals surface area contributed by atoms with Gasteiger partial charge in [-0.2, -0.15) is 5.10 Å². The molecule has 1 saturated carbocycles. The van der Waals surface area contributed by atoms with Crippen LogP contribution in [0.15, 0.2) is 41.0 Å². The molecule has 4 rings (SSSR count). The lowest BCUT2D eigenvalue weighted by Crippen LogP contribution is -2.48. The fourth-order valence-electron chi connectivity index (χ4n) is 3.42. The third-order valence-corrected chi connectivity index (χ3v) is 5.01. The molecule has 0 aliphatic heterocycles. The quantitative estimate of drug-likeness (QED) is 0.670. The molecule has 110 valence electrons. The normalized spacial score (nSPS) is 26.1. The summed E-state index contributed by atoms with van der Waals surface area (Å²) in [5.74, 6) is 0.231. The van der Waals surface area contributed by atoms with E-state index in [-0.39, 0.29) is 5.56 Å². The maximum absolute atomic E-state index is 13.5. The maximum atomic E-state index is 13.5. The highest BCUT2D eigenvalue weighted by molar-refractivity contribution is 5.95. The van der Waals surface area contributed by atoms with Crippen LogP contribution < -0.4 is 5.43 Å². The number of fused-ring (bicyclic) bond motifs is 1. The Hall–Kier alpha value is -1.97. The van der Waals surface area contributed by atoms with Crippen LogP contribution in [0.25, 0.3) is 0 Å². The number of hydrazone groups is 1. The Morgan fingerprint density at radius 3 is 2.86 bits per heavy atom. The van der Waals surface area contributed by atoms with Gasteiger partial charge >= 0.3 is 0 Å². The number of benzene rings is 1. The van der Waals surface area contributed by atoms with Crippen LogP contribution in [0.4, 0.5) is 4.39 Å². The first kappa shape index (κ1) is 14.0. The lowest BCUT2D eigenvalue weighted by molar-refractivity contribution is -0.00126. The van der Waals surface area contributed by atoms with Gasteiger partial charge in [-0.1, -0.05) is 32.1 Å². The second-order valence-corrected chi connectivity index (χ2v) is 6.43. The molecule has 3 aliphatic carbocycles. The number of nitrogens with one attached hydrogen (secondary N) is 1. The molecule has 1 aromatic carbocycles. The van der Waals surface area contributed by atoms with Crippen molar-refractivity contribution in [3.8, 4) is 0 Å². The molecule has 1 aromatic rings. The van der Waals surface area contributed by atoms with Gasteiger partial charge in [-0.25, -0.2) is 9.82 Å². The van der Waals surface area contributed by atoms with Gasteiger partial charge in [0.25, 0.3) is 5.91 Å². The summed E-state index contributed by atoms with van der Waals surface area (Å²) in [6.45, 7) is 4.56. The smallest absolute Gasteiger partial charge is 0.267 e. The van der Waals surface area contributed by atoms with E-state index >= 15 is 0 Å². The highest BCUT2D eigenvalue weighted by Gasteiger charge is 2.50. The Kier molecular flexibility index (Phi) is 3.40. The summed E-state index contributed by atoms with van der Waals surface area (Å²) >= 11 is 0. The average Bonchev–Trinajstić information content (AvgIpc) is 2.47. The monoisotopic (exact) mass is 286 g/mol. The minimum Gasteiger partial charge on any atom is -0.267 e. The van der Waals surface area contributed by atoms with Crippen LogP contribution in [0, 0.1) is 23.1 Å². The van der Waals surface area contributed by atoms with E-state index in [0.717, 1.165) is 12.3 Å². The van der Waals surface area contributed by atoms with Crippen molar-refractivity contribution in [1.29, 1.82) is 0 Å². The molecule has 2 unspecified atom stereocenters. The molecule has 21 heavy (non-hydrogen) atoms. The molecule has 1 N–H and O–H groups in total. The molecule has 2 bridgehead atoms. The van der Waals surface area contributed by atoms with Crippen molar-refractivity contribution in [1.82, 2.24) is 5.43 Å². The van der Waals surface area contributed by atoms with Gasteiger partial charge in [0.1, 0.15) is 5.82 Å². The van der Waals surface area contributed by atoms with Crippen LogP contribution in [-0.4, -0.2) is 12.1 Å². The summed E-state index contributed by atoms with van der Waals surface area (Å²) in [7, 11) is 0. The molecule has 0 saturated heterocycles. The third-order valence-electron chi connectivity index (χ3n) is 5.01. The van der Waals surface area contributed by atoms with Crippen molar-refractivity contribution < 1.29 is 9.18 Å². The summed E-state index contributed by atoms with van der Waals surface area (Å²) in [5.41, 5.74) is 3.91. The van der Waals surface area contributed by atoms with Gasteiger partial charge in [-0.15, -0.1) is 0 Å². The molecule has 0 spiro atoms. The van der Waals surface area contributed by atoms with E-state index in [2.05, 4.69) is 30.5 Å². The molecular formula is C17H19FN2O. The molecule has 3 nitrogen and oxygen atoms in total. The van der Waals surface area contributed by atoms with Gasteiger partial charge in [0.05, 0.1) is 11.8 Å². The topological polar surface area (TPSA) is 41.5 Å². The number of carbonyl (C=O) groups is 1. The number of allylic oxidation sites excluding steroid dienone is 2. The Labute approximate surface area is 123 Å². The minimum atomic E-state index is -0.537. The predicted octanol–water partition coefficient (Wildman–Crippen LogP) is 3.53. The van der Waals surface area contributed by atoms with Gasteiger partial charge in [-0.05, 0) is 47.8 Å². The van der Waals surface area contributed by atoms with Crippen LogP contribution >= 0.6 is 0 Å². The van der Waals surface area contributed by atoms with Crippen LogP contribution in [0.1, 0.15) is 37.0 Å². The zero-order valence-corrected chi connectivity index (χ0v) is 12.3. The summed E-state index contributed by atoms with van der Waals surface area (Å²) in [5, 5.41) is 3.99. The fourth-order valence-corrected chi connectivity index (χ4v) is 3.42. The van der Waals surface area contributed by atoms with E-state index in [0.29, 0.717) is 11.3 Å². The van der Waals surface area contributed by atoms with Gasteiger partial charge in [0.15, 0.2) is 0 Å². The first-order valence-corrected chi connectivity index (χ1v) is 7.28. The fraction of sp³-hybridized carbons (Fsp3) is 0.412. The van der Waals surface area contributed by atoms with Crippen LogP contribution in [0.2, 0.25) is 0 Å². The molecule has 1 fully saturated rings. The third kappa shape index (κ3) is 2.39. The van der Waals surface area contributed by atoms with Crippen molar-refractivity contribution in [2.24, 2.45) is 22.4 Å². The number of amides is 1. The summed E-state index contributed by atoms with van der Waals surface area (Å²) < 4.78 is 13.5. The number of rotatable bonds is 3. The van der Waals surface area contributed by atoms with Gasteiger partial charge in [0.2, 0.25) is 0 Å². The highest BCUT2D eigenvalue weighted by atomic mass is 19.1. The largest absolute Gasteiger partial charge is 0.274 e. The van der Waals surface area contributed by atoms with E-state index in [4.69, 9.17) is 0 Å². The number of carbonyl (C=O) groups excluding carboxylic acids is 1. The van der Waals surface area contributed by atoms with Gasteiger partial charge < -0.3 is 0 Å². The van der Waals surface area contributed by atoms with Crippen molar-refractivity contribution in [2.45, 2.75) is 26.7 Å². The molecule has 0 radical (unpaired) electrons. The Balaban J connectivity index is 1.65. The van der Waals surface area contributed by atoms with Gasteiger partial charge in [0, 0.05) is 0 Å². The molecule has 0 aromatic heterocycles. The zero-order valence-electron chi connectivity index (χ0n) is 12.3. The number of nitrogens with zero attached hydrogens (tertiary/aromatic N) is 1. The first-order valence-electron chi connectivity index (χ1n) is 7.28. The van der Waals surface area contributed by atoms with Crippen LogP contribution in [0.5, 0.6) is 0 Å². The Morgan fingerprint density at radius 1 is 1.43 bits per heavy atom. The Morgan fingerprint density at radius 2 is 2.19 bits per heavy atom. The Bertz CT molecular complexity index is 633. The van der Waals surface area contributed by atoms with E-state index in [9.17, 15) is 9.18 Å². The van der Waals surface area contributed by atoms with Crippen molar-refractivity contribution in [3.63, 3.8) is 0 Å². The summed E-state index contributed by atoms with van der Waals surface area (Å²) in [6.07, 6.45) is 6.18. The van der Waals surface area contributed by atoms with Crippen molar-refractivity contribution in [3.05, 3.63) is 47.3 Å². The van der Waals surface area contributed by atoms with E-state index in [1.54, 1.807) is 18.3 Å². The lowest BCUT2D eigenvalue weighted by Gasteiger charge is -2.55. The lowest BCUT2D eigenvalue weighted by atomic mass is 9.49. The zero-order chi connectivity index (χ0) is 15.0. The minimum absolute atomic E-state index is 0.0105. The average molecular weight is 286 g/mol. The second-order valence-electron chi connectivity index (χ2n) is 6.43. The van der Waals surface area contributed by atoms with Crippen LogP contribution in [0.3, 0.4) is 0 Å². The molecule has 3 aliphatic rings. The predicted molar refractivity (Wildman–Crippen MR) is 80.4 cm³/mol. The van der Waals surface area contributed by atoms with Gasteiger partial charge in [-0.3, -0.25) is 4.79 Å². The second kappa shape index (κ2) is 5.10. The van der Waals surface area contributed by atoms with E-state index in [1.165, 1.54) is 24.1 Å².